The number of nitrogens with one attached hydrogen (secondary N) is 2. The van der Waals surface area contributed by atoms with Crippen molar-refractivity contribution in [1.82, 2.24) is 10.6 Å². The number of rotatable bonds is 9. The van der Waals surface area contributed by atoms with Crippen molar-refractivity contribution in [2.45, 2.75) is 13.0 Å². The highest BCUT2D eigenvalue weighted by Gasteiger charge is 2.12. The average Bonchev–Trinajstić information content (AvgIpc) is 2.90. The Hall–Kier alpha value is -3.54. The molecule has 6 heteroatoms. The van der Waals surface area contributed by atoms with Crippen molar-refractivity contribution in [3.8, 4) is 22.6 Å². The van der Waals surface area contributed by atoms with Crippen LogP contribution in [0.4, 0.5) is 0 Å². The topological polar surface area (TPSA) is 59.6 Å². The molecule has 0 saturated carbocycles. The third-order valence-corrected chi connectivity index (χ3v) is 6.30. The molecule has 0 aromatic heterocycles. The number of hydrogen-bond donors (Lipinski definition) is 2. The van der Waals surface area contributed by atoms with Crippen LogP contribution in [0.15, 0.2) is 78.9 Å². The van der Waals surface area contributed by atoms with E-state index in [9.17, 15) is 4.79 Å². The number of ether oxygens (including phenoxy) is 2. The summed E-state index contributed by atoms with van der Waals surface area (Å²) in [6.07, 6.45) is 0. The summed E-state index contributed by atoms with van der Waals surface area (Å²) in [5.41, 5.74) is 3.49. The van der Waals surface area contributed by atoms with Crippen molar-refractivity contribution in [3.63, 3.8) is 0 Å². The Morgan fingerprint density at radius 1 is 0.971 bits per heavy atom. The van der Waals surface area contributed by atoms with Gasteiger partial charge in [-0.2, -0.15) is 0 Å². The molecule has 5 nitrogen and oxygen atoms in total. The van der Waals surface area contributed by atoms with E-state index in [-0.39, 0.29) is 11.9 Å². The van der Waals surface area contributed by atoms with E-state index >= 15 is 0 Å². The lowest BCUT2D eigenvalue weighted by Gasteiger charge is -2.17. The highest BCUT2D eigenvalue weighted by atomic mass is 35.5. The fourth-order valence-corrected chi connectivity index (χ4v) is 4.34. The normalized spacial score (nSPS) is 11.8. The zero-order chi connectivity index (χ0) is 24.8. The molecule has 4 aromatic rings. The van der Waals surface area contributed by atoms with Gasteiger partial charge < -0.3 is 20.1 Å². The third kappa shape index (κ3) is 5.76. The molecule has 2 N–H and O–H groups in total. The van der Waals surface area contributed by atoms with Gasteiger partial charge >= 0.3 is 0 Å². The van der Waals surface area contributed by atoms with Crippen molar-refractivity contribution in [2.24, 2.45) is 0 Å². The van der Waals surface area contributed by atoms with Crippen molar-refractivity contribution >= 4 is 28.3 Å². The molecule has 0 bridgehead atoms. The summed E-state index contributed by atoms with van der Waals surface area (Å²) in [4.78, 5) is 12.4. The van der Waals surface area contributed by atoms with Crippen LogP contribution in [0.25, 0.3) is 21.9 Å². The molecule has 4 aromatic carbocycles. The molecule has 4 rings (SSSR count). The van der Waals surface area contributed by atoms with Gasteiger partial charge in [0.05, 0.1) is 12.1 Å². The minimum Gasteiger partial charge on any atom is -0.495 e. The number of methoxy groups -OCH3 is 1. The second kappa shape index (κ2) is 11.3. The van der Waals surface area contributed by atoms with Crippen LogP contribution in [0.2, 0.25) is 5.02 Å². The molecule has 1 amide bonds. The Labute approximate surface area is 211 Å². The van der Waals surface area contributed by atoms with Gasteiger partial charge in [0.2, 0.25) is 0 Å². The molecule has 1 atom stereocenters. The van der Waals surface area contributed by atoms with Crippen molar-refractivity contribution in [3.05, 3.63) is 95.0 Å². The first-order valence-corrected chi connectivity index (χ1v) is 11.9. The van der Waals surface area contributed by atoms with E-state index in [0.29, 0.717) is 35.2 Å². The first kappa shape index (κ1) is 24.6. The summed E-state index contributed by atoms with van der Waals surface area (Å²) in [5.74, 6) is 1.01. The van der Waals surface area contributed by atoms with Crippen LogP contribution in [-0.2, 0) is 0 Å². The van der Waals surface area contributed by atoms with Crippen LogP contribution >= 0.6 is 11.6 Å². The molecule has 1 unspecified atom stereocenters. The van der Waals surface area contributed by atoms with E-state index in [2.05, 4.69) is 60.0 Å². The van der Waals surface area contributed by atoms with Crippen LogP contribution in [0.5, 0.6) is 11.5 Å². The van der Waals surface area contributed by atoms with E-state index < -0.39 is 0 Å². The summed E-state index contributed by atoms with van der Waals surface area (Å²) in [6.45, 7) is 3.26. The lowest BCUT2D eigenvalue weighted by atomic mass is 10.00. The Kier molecular flexibility index (Phi) is 7.91. The monoisotopic (exact) mass is 488 g/mol. The fraction of sp³-hybridized carbons (Fsp3) is 0.207. The van der Waals surface area contributed by atoms with Crippen LogP contribution < -0.4 is 20.1 Å². The van der Waals surface area contributed by atoms with Crippen LogP contribution in [0, 0.1) is 0 Å². The second-order valence-electron chi connectivity index (χ2n) is 8.27. The molecule has 0 saturated heterocycles. The molecule has 0 fully saturated rings. The summed E-state index contributed by atoms with van der Waals surface area (Å²) in [7, 11) is 3.19. The maximum atomic E-state index is 12.4. The molecular formula is C29H29ClN2O3. The standard InChI is InChI=1S/C29H29ClN2O3/c1-19(25-10-6-8-20-7-4-5-9-26(20)25)32-13-14-35-24-16-22(15-23(17-24)29(33)31-2)21-11-12-27(30)28(18-21)34-3/h4-12,15-19,32H,13-14H2,1-3H3,(H,31,33). The number of halogens is 1. The summed E-state index contributed by atoms with van der Waals surface area (Å²) in [5, 5.41) is 9.23. The maximum Gasteiger partial charge on any atom is 0.251 e. The molecule has 180 valence electrons. The van der Waals surface area contributed by atoms with E-state index in [1.165, 1.54) is 16.3 Å². The van der Waals surface area contributed by atoms with Crippen LogP contribution in [0.1, 0.15) is 28.9 Å². The molecule has 0 aliphatic carbocycles. The van der Waals surface area contributed by atoms with Crippen LogP contribution in [0.3, 0.4) is 0 Å². The molecule has 0 aliphatic heterocycles. The van der Waals surface area contributed by atoms with Crippen molar-refractivity contribution < 1.29 is 14.3 Å². The average molecular weight is 489 g/mol. The van der Waals surface area contributed by atoms with Crippen molar-refractivity contribution in [1.29, 1.82) is 0 Å². The molecular weight excluding hydrogens is 460 g/mol. The first-order chi connectivity index (χ1) is 17.0. The largest absolute Gasteiger partial charge is 0.495 e. The van der Waals surface area contributed by atoms with E-state index in [1.54, 1.807) is 26.3 Å². The molecule has 0 radical (unpaired) electrons. The van der Waals surface area contributed by atoms with E-state index in [1.807, 2.05) is 24.3 Å². The van der Waals surface area contributed by atoms with Gasteiger partial charge in [-0.25, -0.2) is 0 Å². The highest BCUT2D eigenvalue weighted by Crippen LogP contribution is 2.33. The van der Waals surface area contributed by atoms with E-state index in [4.69, 9.17) is 21.1 Å². The number of benzene rings is 4. The smallest absolute Gasteiger partial charge is 0.251 e. The first-order valence-electron chi connectivity index (χ1n) is 11.5. The van der Waals surface area contributed by atoms with Gasteiger partial charge in [0.1, 0.15) is 18.1 Å². The minimum atomic E-state index is -0.180. The van der Waals surface area contributed by atoms with Gasteiger partial charge in [0.15, 0.2) is 0 Å². The third-order valence-electron chi connectivity index (χ3n) is 5.99. The summed E-state index contributed by atoms with van der Waals surface area (Å²) in [6, 6.07) is 26.0. The Balaban J connectivity index is 1.47. The SMILES string of the molecule is CNC(=O)c1cc(OCCNC(C)c2cccc3ccccc23)cc(-c2ccc(Cl)c(OC)c2)c1. The van der Waals surface area contributed by atoms with Gasteiger partial charge in [-0.3, -0.25) is 4.79 Å². The minimum absolute atomic E-state index is 0.166. The van der Waals surface area contributed by atoms with Gasteiger partial charge in [-0.1, -0.05) is 60.1 Å². The quantitative estimate of drug-likeness (QED) is 0.273. The Morgan fingerprint density at radius 2 is 1.77 bits per heavy atom. The molecule has 0 spiro atoms. The Morgan fingerprint density at radius 3 is 2.57 bits per heavy atom. The van der Waals surface area contributed by atoms with Gasteiger partial charge in [0.25, 0.3) is 5.91 Å². The lowest BCUT2D eigenvalue weighted by molar-refractivity contribution is 0.0962. The highest BCUT2D eigenvalue weighted by molar-refractivity contribution is 6.32. The molecule has 0 heterocycles. The predicted octanol–water partition coefficient (Wildman–Crippen LogP) is 6.26. The predicted molar refractivity (Wildman–Crippen MR) is 143 cm³/mol. The number of carbonyl (C=O) groups excluding carboxylic acids is 1. The number of amides is 1. The van der Waals surface area contributed by atoms with Crippen LogP contribution in [-0.4, -0.2) is 33.2 Å². The molecule has 0 aliphatic rings. The number of fused-ring (bicyclic) bond motifs is 1. The Bertz CT molecular complexity index is 1330. The number of carbonyl (C=O) groups is 1. The molecule has 35 heavy (non-hydrogen) atoms. The fourth-order valence-electron chi connectivity index (χ4n) is 4.15. The van der Waals surface area contributed by atoms with E-state index in [0.717, 1.165) is 11.1 Å². The summed E-state index contributed by atoms with van der Waals surface area (Å²) >= 11 is 6.18. The van der Waals surface area contributed by atoms with Gasteiger partial charge in [0, 0.05) is 25.2 Å². The number of hydrogen-bond acceptors (Lipinski definition) is 4. The maximum absolute atomic E-state index is 12.4. The summed E-state index contributed by atoms with van der Waals surface area (Å²) < 4.78 is 11.4. The second-order valence-corrected chi connectivity index (χ2v) is 8.67. The zero-order valence-electron chi connectivity index (χ0n) is 20.1. The van der Waals surface area contributed by atoms with Gasteiger partial charge in [-0.15, -0.1) is 0 Å². The zero-order valence-corrected chi connectivity index (χ0v) is 20.9. The van der Waals surface area contributed by atoms with Crippen molar-refractivity contribution in [2.75, 3.05) is 27.3 Å². The lowest BCUT2D eigenvalue weighted by Crippen LogP contribution is -2.24. The van der Waals surface area contributed by atoms with Gasteiger partial charge in [-0.05, 0) is 64.7 Å².